The van der Waals surface area contributed by atoms with Crippen LogP contribution < -0.4 is 10.1 Å². The number of rotatable bonds is 5. The zero-order valence-electron chi connectivity index (χ0n) is 15.3. The van der Waals surface area contributed by atoms with Crippen LogP contribution in [0.2, 0.25) is 0 Å². The third-order valence-corrected chi connectivity index (χ3v) is 5.36. The van der Waals surface area contributed by atoms with Crippen LogP contribution in [-0.4, -0.2) is 41.4 Å². The second-order valence-corrected chi connectivity index (χ2v) is 7.17. The van der Waals surface area contributed by atoms with Crippen molar-refractivity contribution in [1.82, 2.24) is 15.2 Å². The van der Waals surface area contributed by atoms with E-state index in [-0.39, 0.29) is 17.7 Å². The van der Waals surface area contributed by atoms with E-state index >= 15 is 0 Å². The number of aryl methyl sites for hydroxylation is 2. The molecule has 25 heavy (non-hydrogen) atoms. The topological polar surface area (TPSA) is 71.5 Å². The molecule has 2 fully saturated rings. The van der Waals surface area contributed by atoms with Gasteiger partial charge in [-0.05, 0) is 38.3 Å². The first kappa shape index (κ1) is 17.7. The van der Waals surface area contributed by atoms with Crippen molar-refractivity contribution in [2.24, 2.45) is 5.92 Å². The predicted molar refractivity (Wildman–Crippen MR) is 94.2 cm³/mol. The van der Waals surface area contributed by atoms with Crippen molar-refractivity contribution >= 4 is 11.8 Å². The van der Waals surface area contributed by atoms with E-state index in [9.17, 15) is 9.59 Å². The van der Waals surface area contributed by atoms with Crippen LogP contribution in [0.5, 0.6) is 5.88 Å². The molecule has 2 heterocycles. The minimum absolute atomic E-state index is 0.0594. The SMILES string of the molecule is COc1nc(C)cc(C)c1CNC(=O)[C@H]1CC(=O)N(C2CCCC2)C1. The van der Waals surface area contributed by atoms with Crippen molar-refractivity contribution in [3.05, 3.63) is 22.9 Å². The Labute approximate surface area is 148 Å². The molecule has 2 amide bonds. The van der Waals surface area contributed by atoms with E-state index in [0.29, 0.717) is 31.4 Å². The zero-order valence-corrected chi connectivity index (χ0v) is 15.3. The maximum absolute atomic E-state index is 12.6. The van der Waals surface area contributed by atoms with E-state index in [1.165, 1.54) is 12.8 Å². The lowest BCUT2D eigenvalue weighted by Gasteiger charge is -2.24. The second-order valence-electron chi connectivity index (χ2n) is 7.17. The van der Waals surface area contributed by atoms with Gasteiger partial charge in [-0.15, -0.1) is 0 Å². The van der Waals surface area contributed by atoms with Gasteiger partial charge in [0.1, 0.15) is 0 Å². The number of nitrogens with zero attached hydrogens (tertiary/aromatic N) is 2. The minimum Gasteiger partial charge on any atom is -0.481 e. The van der Waals surface area contributed by atoms with E-state index in [2.05, 4.69) is 10.3 Å². The summed E-state index contributed by atoms with van der Waals surface area (Å²) in [6, 6.07) is 2.32. The molecule has 1 saturated carbocycles. The quantitative estimate of drug-likeness (QED) is 0.887. The van der Waals surface area contributed by atoms with Crippen LogP contribution in [0.25, 0.3) is 0 Å². The molecule has 1 aliphatic heterocycles. The number of hydrogen-bond acceptors (Lipinski definition) is 4. The number of likely N-dealkylation sites (tertiary alicyclic amines) is 1. The average Bonchev–Trinajstić information content (AvgIpc) is 3.22. The number of methoxy groups -OCH3 is 1. The lowest BCUT2D eigenvalue weighted by molar-refractivity contribution is -0.130. The maximum Gasteiger partial charge on any atom is 0.225 e. The fourth-order valence-corrected chi connectivity index (χ4v) is 4.01. The molecule has 136 valence electrons. The summed E-state index contributed by atoms with van der Waals surface area (Å²) in [5.74, 6) is 0.361. The summed E-state index contributed by atoms with van der Waals surface area (Å²) in [5, 5.41) is 2.97. The molecule has 1 aliphatic carbocycles. The number of ether oxygens (including phenoxy) is 1. The average molecular weight is 345 g/mol. The highest BCUT2D eigenvalue weighted by molar-refractivity contribution is 5.89. The second kappa shape index (κ2) is 7.42. The van der Waals surface area contributed by atoms with Gasteiger partial charge in [-0.25, -0.2) is 4.98 Å². The summed E-state index contributed by atoms with van der Waals surface area (Å²) in [6.07, 6.45) is 4.84. The number of carbonyl (C=O) groups is 2. The predicted octanol–water partition coefficient (Wildman–Crippen LogP) is 2.11. The van der Waals surface area contributed by atoms with E-state index < -0.39 is 0 Å². The van der Waals surface area contributed by atoms with Gasteiger partial charge in [0.2, 0.25) is 17.7 Å². The smallest absolute Gasteiger partial charge is 0.225 e. The third kappa shape index (κ3) is 3.78. The van der Waals surface area contributed by atoms with Gasteiger partial charge < -0.3 is 15.0 Å². The third-order valence-electron chi connectivity index (χ3n) is 5.36. The molecule has 1 N–H and O–H groups in total. The summed E-state index contributed by atoms with van der Waals surface area (Å²) < 4.78 is 5.34. The van der Waals surface area contributed by atoms with Crippen LogP contribution in [0.1, 0.15) is 48.9 Å². The van der Waals surface area contributed by atoms with Crippen LogP contribution >= 0.6 is 0 Å². The van der Waals surface area contributed by atoms with Crippen LogP contribution in [0.4, 0.5) is 0 Å². The molecule has 0 spiro atoms. The highest BCUT2D eigenvalue weighted by Gasteiger charge is 2.38. The Morgan fingerprint density at radius 2 is 2.08 bits per heavy atom. The summed E-state index contributed by atoms with van der Waals surface area (Å²) in [7, 11) is 1.58. The molecule has 1 aromatic rings. The van der Waals surface area contributed by atoms with Gasteiger partial charge in [0.15, 0.2) is 0 Å². The van der Waals surface area contributed by atoms with E-state index in [1.807, 2.05) is 24.8 Å². The Morgan fingerprint density at radius 1 is 1.36 bits per heavy atom. The van der Waals surface area contributed by atoms with Gasteiger partial charge >= 0.3 is 0 Å². The minimum atomic E-state index is -0.252. The monoisotopic (exact) mass is 345 g/mol. The molecule has 6 nitrogen and oxygen atoms in total. The van der Waals surface area contributed by atoms with Crippen LogP contribution in [-0.2, 0) is 16.1 Å². The van der Waals surface area contributed by atoms with Crippen molar-refractivity contribution in [1.29, 1.82) is 0 Å². The van der Waals surface area contributed by atoms with Gasteiger partial charge in [-0.1, -0.05) is 12.8 Å². The summed E-state index contributed by atoms with van der Waals surface area (Å²) in [6.45, 7) is 4.83. The molecule has 3 rings (SSSR count). The van der Waals surface area contributed by atoms with Crippen molar-refractivity contribution in [3.8, 4) is 5.88 Å². The highest BCUT2D eigenvalue weighted by Crippen LogP contribution is 2.29. The Kier molecular flexibility index (Phi) is 5.25. The molecule has 1 aromatic heterocycles. The van der Waals surface area contributed by atoms with Crippen molar-refractivity contribution in [2.45, 2.75) is 58.5 Å². The number of pyridine rings is 1. The molecule has 0 radical (unpaired) electrons. The fourth-order valence-electron chi connectivity index (χ4n) is 4.01. The lowest BCUT2D eigenvalue weighted by atomic mass is 10.1. The van der Waals surface area contributed by atoms with Crippen molar-refractivity contribution < 1.29 is 14.3 Å². The number of carbonyl (C=O) groups excluding carboxylic acids is 2. The summed E-state index contributed by atoms with van der Waals surface area (Å²) in [5.41, 5.74) is 2.82. The molecule has 6 heteroatoms. The van der Waals surface area contributed by atoms with E-state index in [1.54, 1.807) is 7.11 Å². The zero-order chi connectivity index (χ0) is 18.0. The van der Waals surface area contributed by atoms with Crippen LogP contribution in [0, 0.1) is 19.8 Å². The molecule has 0 aromatic carbocycles. The van der Waals surface area contributed by atoms with Crippen LogP contribution in [0.3, 0.4) is 0 Å². The Bertz CT molecular complexity index is 668. The van der Waals surface area contributed by atoms with Crippen LogP contribution in [0.15, 0.2) is 6.07 Å². The molecule has 1 atom stereocenters. The maximum atomic E-state index is 12.6. The number of amides is 2. The fraction of sp³-hybridized carbons (Fsp3) is 0.632. The largest absolute Gasteiger partial charge is 0.481 e. The lowest BCUT2D eigenvalue weighted by Crippen LogP contribution is -2.36. The summed E-state index contributed by atoms with van der Waals surface area (Å²) >= 11 is 0. The van der Waals surface area contributed by atoms with Gasteiger partial charge in [0.25, 0.3) is 0 Å². The van der Waals surface area contributed by atoms with Gasteiger partial charge in [-0.2, -0.15) is 0 Å². The highest BCUT2D eigenvalue weighted by atomic mass is 16.5. The molecular formula is C19H27N3O3. The standard InChI is InChI=1S/C19H27N3O3/c1-12-8-13(2)21-19(25-3)16(12)10-20-18(24)14-9-17(23)22(11-14)15-6-4-5-7-15/h8,14-15H,4-7,9-11H2,1-3H3,(H,20,24)/t14-/m0/s1. The van der Waals surface area contributed by atoms with Gasteiger partial charge in [0.05, 0.1) is 13.0 Å². The molecule has 0 unspecified atom stereocenters. The van der Waals surface area contributed by atoms with Gasteiger partial charge in [-0.3, -0.25) is 9.59 Å². The van der Waals surface area contributed by atoms with E-state index in [4.69, 9.17) is 4.74 Å². The van der Waals surface area contributed by atoms with Gasteiger partial charge in [0, 0.05) is 36.8 Å². The molecule has 2 aliphatic rings. The first-order valence-electron chi connectivity index (χ1n) is 9.08. The number of nitrogens with one attached hydrogen (secondary N) is 1. The summed E-state index contributed by atoms with van der Waals surface area (Å²) in [4.78, 5) is 31.1. The Morgan fingerprint density at radius 3 is 2.76 bits per heavy atom. The molecule has 0 bridgehead atoms. The Balaban J connectivity index is 1.61. The Hall–Kier alpha value is -2.11. The van der Waals surface area contributed by atoms with E-state index in [0.717, 1.165) is 29.7 Å². The normalized spacial score (nSPS) is 21.0. The number of aromatic nitrogens is 1. The van der Waals surface area contributed by atoms with Crippen molar-refractivity contribution in [3.63, 3.8) is 0 Å². The number of hydrogen-bond donors (Lipinski definition) is 1. The first-order valence-corrected chi connectivity index (χ1v) is 9.08. The molecule has 1 saturated heterocycles. The van der Waals surface area contributed by atoms with Crippen molar-refractivity contribution in [2.75, 3.05) is 13.7 Å². The first-order chi connectivity index (χ1) is 12.0. The molecular weight excluding hydrogens is 318 g/mol.